The van der Waals surface area contributed by atoms with Crippen LogP contribution in [0.1, 0.15) is 5.01 Å². The maximum absolute atomic E-state index is 12.2. The lowest BCUT2D eigenvalue weighted by Crippen LogP contribution is -2.38. The average molecular weight is 537 g/mol. The zero-order valence-corrected chi connectivity index (χ0v) is 19.7. The van der Waals surface area contributed by atoms with Crippen molar-refractivity contribution in [3.8, 4) is 0 Å². The minimum atomic E-state index is -3.63. The Kier molecular flexibility index (Phi) is 5.49. The molecule has 0 saturated heterocycles. The fourth-order valence-corrected chi connectivity index (χ4v) is 7.15. The summed E-state index contributed by atoms with van der Waals surface area (Å²) in [5.74, 6) is -0.620. The van der Waals surface area contributed by atoms with Gasteiger partial charge in [0.25, 0.3) is 5.91 Å². The first kappa shape index (κ1) is 20.2. The third-order valence-corrected chi connectivity index (χ3v) is 8.17. The number of amides is 1. The van der Waals surface area contributed by atoms with Gasteiger partial charge in [-0.05, 0) is 40.2 Å². The van der Waals surface area contributed by atoms with E-state index in [4.69, 9.17) is 11.6 Å². The highest BCUT2D eigenvalue weighted by molar-refractivity contribution is 9.11. The molecular weight excluding hydrogens is 526 g/mol. The molecule has 0 aliphatic carbocycles. The molecule has 6 nitrogen and oxygen atoms in total. The number of anilines is 1. The van der Waals surface area contributed by atoms with Gasteiger partial charge in [0, 0.05) is 16.0 Å². The Morgan fingerprint density at radius 2 is 2.14 bits per heavy atom. The molecule has 146 valence electrons. The summed E-state index contributed by atoms with van der Waals surface area (Å²) in [4.78, 5) is 20.5. The Balaban J connectivity index is 1.70. The molecule has 0 bridgehead atoms. The smallest absolute Gasteiger partial charge is 0.253 e. The molecule has 1 amide bonds. The summed E-state index contributed by atoms with van der Waals surface area (Å²) in [5.41, 5.74) is 0.758. The normalized spacial score (nSPS) is 15.4. The summed E-state index contributed by atoms with van der Waals surface area (Å²) in [6.07, 6.45) is 2.85. The quantitative estimate of drug-likeness (QED) is 0.518. The van der Waals surface area contributed by atoms with E-state index in [1.54, 1.807) is 39.7 Å². The van der Waals surface area contributed by atoms with Gasteiger partial charge < -0.3 is 4.90 Å². The number of carbonyl (C=O) groups is 1. The average Bonchev–Trinajstić information content (AvgIpc) is 3.18. The lowest BCUT2D eigenvalue weighted by Gasteiger charge is -2.19. The number of thiophene rings is 1. The van der Waals surface area contributed by atoms with Crippen LogP contribution in [0.3, 0.4) is 0 Å². The van der Waals surface area contributed by atoms with E-state index in [2.05, 4.69) is 20.9 Å². The maximum Gasteiger partial charge on any atom is 0.253 e. The van der Waals surface area contributed by atoms with Crippen LogP contribution in [0.2, 0.25) is 5.02 Å². The molecule has 12 heteroatoms. The van der Waals surface area contributed by atoms with Gasteiger partial charge in [-0.2, -0.15) is 0 Å². The minimum absolute atomic E-state index is 0.148. The van der Waals surface area contributed by atoms with Crippen LogP contribution in [0.25, 0.3) is 15.6 Å². The van der Waals surface area contributed by atoms with Crippen LogP contribution in [0, 0.1) is 0 Å². The number of hydrogen-bond acceptors (Lipinski definition) is 8. The second-order valence-electron chi connectivity index (χ2n) is 5.85. The van der Waals surface area contributed by atoms with Gasteiger partial charge in [-0.15, -0.1) is 22.7 Å². The van der Waals surface area contributed by atoms with Crippen LogP contribution in [0.4, 0.5) is 5.69 Å². The van der Waals surface area contributed by atoms with Gasteiger partial charge in [0.05, 0.1) is 25.5 Å². The molecule has 1 aliphatic heterocycles. The van der Waals surface area contributed by atoms with E-state index < -0.39 is 15.9 Å². The number of thioether (sulfide) groups is 1. The number of sulfonamides is 1. The lowest BCUT2D eigenvalue weighted by molar-refractivity contribution is -0.117. The van der Waals surface area contributed by atoms with Crippen molar-refractivity contribution in [2.45, 2.75) is 4.90 Å². The third kappa shape index (κ3) is 4.39. The molecule has 3 heterocycles. The first-order valence-electron chi connectivity index (χ1n) is 7.71. The number of nitrogens with one attached hydrogen (secondary N) is 1. The molecule has 3 aromatic rings. The molecule has 4 rings (SSSR count). The highest BCUT2D eigenvalue weighted by Crippen LogP contribution is 2.48. The van der Waals surface area contributed by atoms with E-state index in [9.17, 15) is 13.2 Å². The zero-order valence-electron chi connectivity index (χ0n) is 14.1. The Morgan fingerprint density at radius 1 is 1.36 bits per heavy atom. The molecule has 2 aromatic heterocycles. The SMILES string of the molecule is CS(=O)(=O)NC(=O)CN1/C(=C/c2nc3sc(Br)cc3s2)Sc2ccc(Cl)cc21. The molecule has 28 heavy (non-hydrogen) atoms. The predicted molar refractivity (Wildman–Crippen MR) is 121 cm³/mol. The maximum atomic E-state index is 12.2. The topological polar surface area (TPSA) is 79.4 Å². The van der Waals surface area contributed by atoms with Crippen molar-refractivity contribution in [1.82, 2.24) is 9.71 Å². The van der Waals surface area contributed by atoms with E-state index in [1.807, 2.05) is 22.9 Å². The fourth-order valence-electron chi connectivity index (χ4n) is 2.62. The number of aromatic nitrogens is 1. The summed E-state index contributed by atoms with van der Waals surface area (Å²) >= 11 is 14.2. The first-order valence-corrected chi connectivity index (χ1v) is 13.2. The predicted octanol–water partition coefficient (Wildman–Crippen LogP) is 4.76. The van der Waals surface area contributed by atoms with Crippen LogP contribution in [-0.4, -0.2) is 32.1 Å². The van der Waals surface area contributed by atoms with Crippen molar-refractivity contribution in [1.29, 1.82) is 0 Å². The Bertz CT molecular complexity index is 1200. The van der Waals surface area contributed by atoms with Crippen molar-refractivity contribution in [3.63, 3.8) is 0 Å². The van der Waals surface area contributed by atoms with Crippen LogP contribution in [-0.2, 0) is 14.8 Å². The third-order valence-electron chi connectivity index (χ3n) is 3.62. The Morgan fingerprint density at radius 3 is 2.86 bits per heavy atom. The molecule has 0 spiro atoms. The molecule has 0 unspecified atom stereocenters. The minimum Gasteiger partial charge on any atom is -0.325 e. The number of hydrogen-bond donors (Lipinski definition) is 1. The number of carbonyl (C=O) groups excluding carboxylic acids is 1. The Labute approximate surface area is 186 Å². The fraction of sp³-hybridized carbons (Fsp3) is 0.125. The number of benzene rings is 1. The van der Waals surface area contributed by atoms with Gasteiger partial charge >= 0.3 is 0 Å². The summed E-state index contributed by atoms with van der Waals surface area (Å²) in [5, 5.41) is 2.12. The van der Waals surface area contributed by atoms with E-state index >= 15 is 0 Å². The number of halogens is 2. The van der Waals surface area contributed by atoms with Gasteiger partial charge in [-0.3, -0.25) is 9.52 Å². The van der Waals surface area contributed by atoms with Crippen molar-refractivity contribution >= 4 is 99.2 Å². The van der Waals surface area contributed by atoms with Crippen LogP contribution >= 0.6 is 62.0 Å². The summed E-state index contributed by atoms with van der Waals surface area (Å²) < 4.78 is 26.9. The van der Waals surface area contributed by atoms with E-state index in [-0.39, 0.29) is 6.54 Å². The molecule has 1 aromatic carbocycles. The molecule has 1 aliphatic rings. The van der Waals surface area contributed by atoms with Gasteiger partial charge in [-0.1, -0.05) is 23.4 Å². The number of thiazole rings is 1. The van der Waals surface area contributed by atoms with Crippen molar-refractivity contribution in [3.05, 3.63) is 43.1 Å². The monoisotopic (exact) mass is 535 g/mol. The van der Waals surface area contributed by atoms with Gasteiger partial charge in [0.15, 0.2) is 0 Å². The molecule has 0 radical (unpaired) electrons. The van der Waals surface area contributed by atoms with E-state index in [0.717, 1.165) is 40.2 Å². The van der Waals surface area contributed by atoms with Gasteiger partial charge in [0.1, 0.15) is 16.4 Å². The van der Waals surface area contributed by atoms with Crippen molar-refractivity contribution in [2.24, 2.45) is 0 Å². The van der Waals surface area contributed by atoms with Crippen LogP contribution in [0.5, 0.6) is 0 Å². The van der Waals surface area contributed by atoms with Crippen LogP contribution in [0.15, 0.2) is 38.0 Å². The van der Waals surface area contributed by atoms with E-state index in [1.165, 1.54) is 11.8 Å². The number of fused-ring (bicyclic) bond motifs is 2. The van der Waals surface area contributed by atoms with Crippen LogP contribution < -0.4 is 9.62 Å². The first-order chi connectivity index (χ1) is 13.2. The standard InChI is InChI=1S/C16H11BrClN3O3S4/c1-28(23,24)20-13(22)7-21-9-4-8(18)2-3-10(9)26-15(21)6-14-19-16-11(25-14)5-12(17)27-16/h2-6H,7H2,1H3,(H,20,22)/b15-6-. The summed E-state index contributed by atoms with van der Waals surface area (Å²) in [7, 11) is -3.63. The number of rotatable bonds is 4. The number of nitrogens with zero attached hydrogens (tertiary/aromatic N) is 2. The van der Waals surface area contributed by atoms with Crippen molar-refractivity contribution < 1.29 is 13.2 Å². The molecule has 1 N–H and O–H groups in total. The molecule has 0 fully saturated rings. The van der Waals surface area contributed by atoms with Gasteiger partial charge in [0.2, 0.25) is 10.0 Å². The molecular formula is C16H11BrClN3O3S4. The van der Waals surface area contributed by atoms with Crippen molar-refractivity contribution in [2.75, 3.05) is 17.7 Å². The molecule has 0 saturated carbocycles. The highest BCUT2D eigenvalue weighted by Gasteiger charge is 2.28. The highest BCUT2D eigenvalue weighted by atomic mass is 79.9. The molecule has 0 atom stereocenters. The summed E-state index contributed by atoms with van der Waals surface area (Å²) in [6.45, 7) is -0.148. The lowest BCUT2D eigenvalue weighted by atomic mass is 10.3. The zero-order chi connectivity index (χ0) is 20.1. The van der Waals surface area contributed by atoms with Gasteiger partial charge in [-0.25, -0.2) is 13.4 Å². The summed E-state index contributed by atoms with van der Waals surface area (Å²) in [6, 6.07) is 7.44. The second kappa shape index (κ2) is 7.62. The largest absolute Gasteiger partial charge is 0.325 e. The Hall–Kier alpha value is -1.11. The van der Waals surface area contributed by atoms with E-state index in [0.29, 0.717) is 5.02 Å². The second-order valence-corrected chi connectivity index (χ2v) is 12.6.